The lowest BCUT2D eigenvalue weighted by molar-refractivity contribution is -0.176. The first-order valence-corrected chi connectivity index (χ1v) is 10.5. The van der Waals surface area contributed by atoms with E-state index in [1.807, 2.05) is 37.3 Å². The first-order chi connectivity index (χ1) is 12.8. The van der Waals surface area contributed by atoms with Gasteiger partial charge in [-0.2, -0.15) is 0 Å². The summed E-state index contributed by atoms with van der Waals surface area (Å²) in [4.78, 5) is 27.5. The molecular weight excluding hydrogens is 362 g/mol. The Kier molecular flexibility index (Phi) is 4.74. The Balaban J connectivity index is 1.47. The van der Waals surface area contributed by atoms with Gasteiger partial charge in [0.15, 0.2) is 6.10 Å². The summed E-state index contributed by atoms with van der Waals surface area (Å²) in [6, 6.07) is 9.51. The van der Waals surface area contributed by atoms with Crippen molar-refractivity contribution < 1.29 is 14.3 Å². The molecular formula is C22H28ClNO3. The van der Waals surface area contributed by atoms with Crippen molar-refractivity contribution >= 4 is 29.2 Å². The van der Waals surface area contributed by atoms with Gasteiger partial charge in [0.2, 0.25) is 0 Å². The maximum Gasteiger partial charge on any atom is 0.312 e. The van der Waals surface area contributed by atoms with E-state index in [0.717, 1.165) is 31.4 Å². The molecule has 27 heavy (non-hydrogen) atoms. The predicted molar refractivity (Wildman–Crippen MR) is 106 cm³/mol. The standard InChI is InChI=1S/C22H28ClNO3/c1-3-24(18-7-5-4-6-8-18)19(25)15(2)27-20(26)21-10-16-9-17(11-21)13-22(23,12-16)14-21/h4-8,15-17H,3,9-14H2,1-2H3/t15-,16-,17+,21?,22?/m1/s1. The first kappa shape index (κ1) is 18.8. The number of halogens is 1. The van der Waals surface area contributed by atoms with Crippen molar-refractivity contribution in [1.29, 1.82) is 0 Å². The second-order valence-electron chi connectivity index (χ2n) is 8.86. The van der Waals surface area contributed by atoms with E-state index in [2.05, 4.69) is 0 Å². The highest BCUT2D eigenvalue weighted by atomic mass is 35.5. The van der Waals surface area contributed by atoms with Gasteiger partial charge in [0.25, 0.3) is 5.91 Å². The van der Waals surface area contributed by atoms with Crippen LogP contribution in [-0.2, 0) is 14.3 Å². The number of carbonyl (C=O) groups excluding carboxylic acids is 2. The van der Waals surface area contributed by atoms with Crippen molar-refractivity contribution in [3.63, 3.8) is 0 Å². The van der Waals surface area contributed by atoms with E-state index in [1.54, 1.807) is 11.8 Å². The Morgan fingerprint density at radius 2 is 1.81 bits per heavy atom. The summed E-state index contributed by atoms with van der Waals surface area (Å²) in [5.74, 6) is 0.659. The molecule has 1 aromatic carbocycles. The van der Waals surface area contributed by atoms with Crippen LogP contribution in [0.15, 0.2) is 30.3 Å². The summed E-state index contributed by atoms with van der Waals surface area (Å²) in [6.07, 6.45) is 4.87. The van der Waals surface area contributed by atoms with E-state index in [4.69, 9.17) is 16.3 Å². The molecule has 4 nitrogen and oxygen atoms in total. The molecule has 0 radical (unpaired) electrons. The third-order valence-electron chi connectivity index (χ3n) is 6.70. The van der Waals surface area contributed by atoms with Gasteiger partial charge in [0.05, 0.1) is 5.41 Å². The highest BCUT2D eigenvalue weighted by Gasteiger charge is 2.61. The highest BCUT2D eigenvalue weighted by molar-refractivity contribution is 6.24. The SMILES string of the molecule is CCN(C(=O)[C@@H](C)OC(=O)C12C[C@@H]3C[C@@H](CC(Cl)(C3)C1)C2)c1ccccc1. The van der Waals surface area contributed by atoms with Gasteiger partial charge in [-0.05, 0) is 76.3 Å². The Labute approximate surface area is 166 Å². The van der Waals surface area contributed by atoms with Gasteiger partial charge in [-0.15, -0.1) is 11.6 Å². The van der Waals surface area contributed by atoms with Gasteiger partial charge in [-0.25, -0.2) is 0 Å². The molecule has 0 heterocycles. The molecule has 5 atom stereocenters. The summed E-state index contributed by atoms with van der Waals surface area (Å²) >= 11 is 6.83. The zero-order valence-electron chi connectivity index (χ0n) is 16.1. The van der Waals surface area contributed by atoms with Crippen molar-refractivity contribution in [1.82, 2.24) is 0 Å². The molecule has 5 rings (SSSR count). The lowest BCUT2D eigenvalue weighted by Crippen LogP contribution is -2.57. The Morgan fingerprint density at radius 3 is 2.37 bits per heavy atom. The van der Waals surface area contributed by atoms with Gasteiger partial charge in [0.1, 0.15) is 0 Å². The molecule has 1 aromatic rings. The molecule has 0 spiro atoms. The molecule has 1 amide bonds. The fourth-order valence-corrected chi connectivity index (χ4v) is 6.71. The number of benzene rings is 1. The third kappa shape index (κ3) is 3.37. The predicted octanol–water partition coefficient (Wildman–Crippen LogP) is 4.55. The van der Waals surface area contributed by atoms with Gasteiger partial charge in [-0.3, -0.25) is 9.59 Å². The van der Waals surface area contributed by atoms with E-state index in [0.29, 0.717) is 24.8 Å². The highest BCUT2D eigenvalue weighted by Crippen LogP contribution is 2.64. The van der Waals surface area contributed by atoms with E-state index >= 15 is 0 Å². The number of hydrogen-bond acceptors (Lipinski definition) is 3. The largest absolute Gasteiger partial charge is 0.452 e. The van der Waals surface area contributed by atoms with E-state index in [-0.39, 0.29) is 16.8 Å². The van der Waals surface area contributed by atoms with Crippen LogP contribution in [0.3, 0.4) is 0 Å². The summed E-state index contributed by atoms with van der Waals surface area (Å²) in [7, 11) is 0. The normalized spacial score (nSPS) is 34.9. The van der Waals surface area contributed by atoms with Gasteiger partial charge >= 0.3 is 5.97 Å². The number of anilines is 1. The zero-order chi connectivity index (χ0) is 19.2. The zero-order valence-corrected chi connectivity index (χ0v) is 16.9. The quantitative estimate of drug-likeness (QED) is 0.548. The van der Waals surface area contributed by atoms with Crippen molar-refractivity contribution in [3.8, 4) is 0 Å². The maximum atomic E-state index is 13.1. The molecule has 4 saturated carbocycles. The average Bonchev–Trinajstić information content (AvgIpc) is 2.61. The van der Waals surface area contributed by atoms with Crippen LogP contribution in [0.2, 0.25) is 0 Å². The van der Waals surface area contributed by atoms with E-state index < -0.39 is 11.5 Å². The molecule has 0 aliphatic heterocycles. The van der Waals surface area contributed by atoms with Gasteiger partial charge < -0.3 is 9.64 Å². The lowest BCUT2D eigenvalue weighted by Gasteiger charge is -2.58. The van der Waals surface area contributed by atoms with E-state index in [1.165, 1.54) is 6.42 Å². The molecule has 4 fully saturated rings. The number of ether oxygens (including phenoxy) is 1. The smallest absolute Gasteiger partial charge is 0.312 e. The average molecular weight is 390 g/mol. The van der Waals surface area contributed by atoms with Crippen LogP contribution in [0.25, 0.3) is 0 Å². The fourth-order valence-electron chi connectivity index (χ4n) is 6.02. The number of hydrogen-bond donors (Lipinski definition) is 0. The van der Waals surface area contributed by atoms with Crippen molar-refractivity contribution in [2.24, 2.45) is 17.3 Å². The van der Waals surface area contributed by atoms with Crippen LogP contribution in [-0.4, -0.2) is 29.4 Å². The van der Waals surface area contributed by atoms with Crippen LogP contribution in [0.1, 0.15) is 52.4 Å². The Bertz CT molecular complexity index is 720. The second kappa shape index (κ2) is 6.80. The van der Waals surface area contributed by atoms with Crippen LogP contribution >= 0.6 is 11.6 Å². The van der Waals surface area contributed by atoms with Crippen LogP contribution < -0.4 is 4.90 Å². The third-order valence-corrected chi connectivity index (χ3v) is 7.15. The minimum absolute atomic E-state index is 0.178. The Morgan fingerprint density at radius 1 is 1.19 bits per heavy atom. The number of alkyl halides is 1. The fraction of sp³-hybridized carbons (Fsp3) is 0.636. The minimum Gasteiger partial charge on any atom is -0.452 e. The number of nitrogens with zero attached hydrogens (tertiary/aromatic N) is 1. The van der Waals surface area contributed by atoms with Crippen LogP contribution in [0, 0.1) is 17.3 Å². The number of amides is 1. The molecule has 0 aromatic heterocycles. The summed E-state index contributed by atoms with van der Waals surface area (Å²) in [6.45, 7) is 4.14. The Hall–Kier alpha value is -1.55. The minimum atomic E-state index is -0.795. The van der Waals surface area contributed by atoms with Crippen LogP contribution in [0.4, 0.5) is 5.69 Å². The number of carbonyl (C=O) groups is 2. The summed E-state index contributed by atoms with van der Waals surface area (Å²) in [5.41, 5.74) is 0.340. The molecule has 2 unspecified atom stereocenters. The molecule has 5 heteroatoms. The molecule has 4 bridgehead atoms. The number of likely N-dealkylation sites (N-methyl/N-ethyl adjacent to an activating group) is 1. The molecule has 4 aliphatic rings. The summed E-state index contributed by atoms with van der Waals surface area (Å²) in [5, 5.41) is 0. The van der Waals surface area contributed by atoms with E-state index in [9.17, 15) is 9.59 Å². The number of para-hydroxylation sites is 1. The maximum absolute atomic E-state index is 13.1. The van der Waals surface area contributed by atoms with Gasteiger partial charge in [0, 0.05) is 17.1 Å². The molecule has 146 valence electrons. The number of rotatable bonds is 5. The molecule has 0 saturated heterocycles. The van der Waals surface area contributed by atoms with Crippen LogP contribution in [0.5, 0.6) is 0 Å². The first-order valence-electron chi connectivity index (χ1n) is 10.1. The van der Waals surface area contributed by atoms with Gasteiger partial charge in [-0.1, -0.05) is 18.2 Å². The molecule has 4 aliphatic carbocycles. The monoisotopic (exact) mass is 389 g/mol. The summed E-state index contributed by atoms with van der Waals surface area (Å²) < 4.78 is 5.76. The topological polar surface area (TPSA) is 46.6 Å². The van der Waals surface area contributed by atoms with Crippen molar-refractivity contribution in [2.45, 2.75) is 63.4 Å². The lowest BCUT2D eigenvalue weighted by atomic mass is 9.49. The number of esters is 1. The van der Waals surface area contributed by atoms with Crippen molar-refractivity contribution in [2.75, 3.05) is 11.4 Å². The second-order valence-corrected chi connectivity index (χ2v) is 9.66. The van der Waals surface area contributed by atoms with Crippen molar-refractivity contribution in [3.05, 3.63) is 30.3 Å². The molecule has 0 N–H and O–H groups in total.